The molecule has 0 radical (unpaired) electrons. The summed E-state index contributed by atoms with van der Waals surface area (Å²) in [6.45, 7) is 5.71. The van der Waals surface area contributed by atoms with Crippen molar-refractivity contribution in [3.63, 3.8) is 0 Å². The van der Waals surface area contributed by atoms with Gasteiger partial charge in [-0.2, -0.15) is 13.2 Å². The highest BCUT2D eigenvalue weighted by molar-refractivity contribution is 5.76. The molecule has 1 aliphatic heterocycles. The topological polar surface area (TPSA) is 32.8 Å². The van der Waals surface area contributed by atoms with Gasteiger partial charge >= 0.3 is 6.18 Å². The molecule has 124 valence electrons. The van der Waals surface area contributed by atoms with Gasteiger partial charge in [0.1, 0.15) is 0 Å². The Bertz CT molecular complexity index is 322. The first-order valence-electron chi connectivity index (χ1n) is 7.42. The Morgan fingerprint density at radius 3 is 2.52 bits per heavy atom. The Morgan fingerprint density at radius 2 is 1.90 bits per heavy atom. The van der Waals surface area contributed by atoms with Gasteiger partial charge in [0.05, 0.1) is 19.6 Å². The van der Waals surface area contributed by atoms with Crippen molar-refractivity contribution < 1.29 is 22.7 Å². The molecule has 1 saturated heterocycles. The second-order valence-corrected chi connectivity index (χ2v) is 5.84. The van der Waals surface area contributed by atoms with Crippen LogP contribution in [0.15, 0.2) is 0 Å². The summed E-state index contributed by atoms with van der Waals surface area (Å²) in [6.07, 6.45) is -3.30. The number of rotatable bonds is 6. The molecule has 0 unspecified atom stereocenters. The zero-order chi connectivity index (χ0) is 15.9. The summed E-state index contributed by atoms with van der Waals surface area (Å²) < 4.78 is 42.4. The largest absolute Gasteiger partial charge is 0.401 e. The van der Waals surface area contributed by atoms with Gasteiger partial charge in [0.2, 0.25) is 5.91 Å². The van der Waals surface area contributed by atoms with Crippen LogP contribution in [-0.4, -0.2) is 67.8 Å². The van der Waals surface area contributed by atoms with E-state index in [9.17, 15) is 18.0 Å². The lowest BCUT2D eigenvalue weighted by Crippen LogP contribution is -2.38. The van der Waals surface area contributed by atoms with Crippen LogP contribution in [0.3, 0.4) is 0 Å². The van der Waals surface area contributed by atoms with Crippen molar-refractivity contribution >= 4 is 5.91 Å². The van der Waals surface area contributed by atoms with Crippen LogP contribution in [0, 0.1) is 5.92 Å². The van der Waals surface area contributed by atoms with Gasteiger partial charge in [-0.15, -0.1) is 0 Å². The van der Waals surface area contributed by atoms with Crippen LogP contribution >= 0.6 is 0 Å². The molecule has 0 aromatic carbocycles. The number of hydrogen-bond acceptors (Lipinski definition) is 3. The SMILES string of the molecule is CC(C)COCCC(=O)N1CCCN(CC(F)(F)F)CC1. The molecular formula is C14H25F3N2O2. The first-order valence-corrected chi connectivity index (χ1v) is 7.42. The summed E-state index contributed by atoms with van der Waals surface area (Å²) in [5, 5.41) is 0. The lowest BCUT2D eigenvalue weighted by atomic mass is 10.2. The van der Waals surface area contributed by atoms with Gasteiger partial charge in [-0.1, -0.05) is 13.8 Å². The molecule has 21 heavy (non-hydrogen) atoms. The molecule has 1 rings (SSSR count). The summed E-state index contributed by atoms with van der Waals surface area (Å²) in [5.41, 5.74) is 0. The smallest absolute Gasteiger partial charge is 0.381 e. The zero-order valence-corrected chi connectivity index (χ0v) is 12.8. The van der Waals surface area contributed by atoms with E-state index in [1.54, 1.807) is 4.90 Å². The van der Waals surface area contributed by atoms with E-state index in [0.29, 0.717) is 51.6 Å². The zero-order valence-electron chi connectivity index (χ0n) is 12.8. The van der Waals surface area contributed by atoms with E-state index in [0.717, 1.165) is 0 Å². The highest BCUT2D eigenvalue weighted by Crippen LogP contribution is 2.17. The molecule has 0 spiro atoms. The Balaban J connectivity index is 2.28. The van der Waals surface area contributed by atoms with Crippen molar-refractivity contribution in [2.75, 3.05) is 45.9 Å². The second-order valence-electron chi connectivity index (χ2n) is 5.84. The maximum absolute atomic E-state index is 12.4. The predicted octanol–water partition coefficient (Wildman–Crippen LogP) is 2.15. The normalized spacial score (nSPS) is 18.1. The fourth-order valence-corrected chi connectivity index (χ4v) is 2.27. The Labute approximate surface area is 124 Å². The molecule has 0 aliphatic carbocycles. The van der Waals surface area contributed by atoms with Crippen LogP contribution < -0.4 is 0 Å². The number of ether oxygens (including phenoxy) is 1. The van der Waals surface area contributed by atoms with Crippen molar-refractivity contribution in [3.8, 4) is 0 Å². The molecule has 0 bridgehead atoms. The lowest BCUT2D eigenvalue weighted by molar-refractivity contribution is -0.145. The third-order valence-corrected chi connectivity index (χ3v) is 3.26. The summed E-state index contributed by atoms with van der Waals surface area (Å²) in [7, 11) is 0. The summed E-state index contributed by atoms with van der Waals surface area (Å²) >= 11 is 0. The van der Waals surface area contributed by atoms with Crippen LogP contribution in [0.25, 0.3) is 0 Å². The molecule has 7 heteroatoms. The summed E-state index contributed by atoms with van der Waals surface area (Å²) in [5.74, 6) is 0.391. The van der Waals surface area contributed by atoms with Crippen LogP contribution in [-0.2, 0) is 9.53 Å². The number of alkyl halides is 3. The van der Waals surface area contributed by atoms with Gasteiger partial charge in [-0.05, 0) is 12.3 Å². The molecule has 0 aromatic rings. The first-order chi connectivity index (χ1) is 9.78. The van der Waals surface area contributed by atoms with E-state index < -0.39 is 12.7 Å². The number of amides is 1. The monoisotopic (exact) mass is 310 g/mol. The number of carbonyl (C=O) groups excluding carboxylic acids is 1. The van der Waals surface area contributed by atoms with Crippen molar-refractivity contribution in [1.29, 1.82) is 0 Å². The van der Waals surface area contributed by atoms with E-state index in [-0.39, 0.29) is 12.5 Å². The fraction of sp³-hybridized carbons (Fsp3) is 0.929. The minimum Gasteiger partial charge on any atom is -0.381 e. The van der Waals surface area contributed by atoms with E-state index in [2.05, 4.69) is 0 Å². The minimum absolute atomic E-state index is 0.0346. The van der Waals surface area contributed by atoms with Gasteiger partial charge < -0.3 is 9.64 Å². The highest BCUT2D eigenvalue weighted by atomic mass is 19.4. The molecule has 1 amide bonds. The highest BCUT2D eigenvalue weighted by Gasteiger charge is 2.31. The average molecular weight is 310 g/mol. The van der Waals surface area contributed by atoms with Crippen molar-refractivity contribution in [3.05, 3.63) is 0 Å². The van der Waals surface area contributed by atoms with E-state index in [1.165, 1.54) is 4.90 Å². The maximum Gasteiger partial charge on any atom is 0.401 e. The predicted molar refractivity (Wildman–Crippen MR) is 74.0 cm³/mol. The molecule has 1 aliphatic rings. The molecular weight excluding hydrogens is 285 g/mol. The van der Waals surface area contributed by atoms with E-state index >= 15 is 0 Å². The van der Waals surface area contributed by atoms with E-state index in [1.807, 2.05) is 13.8 Å². The number of nitrogens with zero attached hydrogens (tertiary/aromatic N) is 2. The third kappa shape index (κ3) is 8.26. The Morgan fingerprint density at radius 1 is 1.19 bits per heavy atom. The Hall–Kier alpha value is -0.820. The van der Waals surface area contributed by atoms with Gasteiger partial charge in [0, 0.05) is 32.8 Å². The summed E-state index contributed by atoms with van der Waals surface area (Å²) in [6, 6.07) is 0. The number of hydrogen-bond donors (Lipinski definition) is 0. The average Bonchev–Trinajstić information content (AvgIpc) is 2.57. The standard InChI is InChI=1S/C14H25F3N2O2/c1-12(2)10-21-9-4-13(20)19-6-3-5-18(7-8-19)11-14(15,16)17/h12H,3-11H2,1-2H3. The van der Waals surface area contributed by atoms with Crippen LogP contribution in [0.2, 0.25) is 0 Å². The van der Waals surface area contributed by atoms with Gasteiger partial charge in [0.15, 0.2) is 0 Å². The van der Waals surface area contributed by atoms with Gasteiger partial charge in [-0.25, -0.2) is 0 Å². The molecule has 0 atom stereocenters. The first kappa shape index (κ1) is 18.2. The minimum atomic E-state index is -4.18. The molecule has 0 saturated carbocycles. The maximum atomic E-state index is 12.4. The lowest BCUT2D eigenvalue weighted by Gasteiger charge is -2.22. The number of halogens is 3. The molecule has 0 aromatic heterocycles. The van der Waals surface area contributed by atoms with Crippen LogP contribution in [0.1, 0.15) is 26.7 Å². The second kappa shape index (κ2) is 8.58. The van der Waals surface area contributed by atoms with E-state index in [4.69, 9.17) is 4.74 Å². The number of carbonyl (C=O) groups is 1. The quantitative estimate of drug-likeness (QED) is 0.705. The molecule has 1 fully saturated rings. The summed E-state index contributed by atoms with van der Waals surface area (Å²) in [4.78, 5) is 15.0. The van der Waals surface area contributed by atoms with Crippen LogP contribution in [0.4, 0.5) is 13.2 Å². The van der Waals surface area contributed by atoms with Crippen molar-refractivity contribution in [1.82, 2.24) is 9.80 Å². The Kier molecular flexibility index (Phi) is 7.45. The molecule has 4 nitrogen and oxygen atoms in total. The van der Waals surface area contributed by atoms with Crippen molar-refractivity contribution in [2.24, 2.45) is 5.92 Å². The van der Waals surface area contributed by atoms with Gasteiger partial charge in [0.25, 0.3) is 0 Å². The fourth-order valence-electron chi connectivity index (χ4n) is 2.27. The third-order valence-electron chi connectivity index (χ3n) is 3.26. The molecule has 0 N–H and O–H groups in total. The van der Waals surface area contributed by atoms with Gasteiger partial charge in [-0.3, -0.25) is 9.69 Å². The molecule has 1 heterocycles. The van der Waals surface area contributed by atoms with Crippen molar-refractivity contribution in [2.45, 2.75) is 32.9 Å². The van der Waals surface area contributed by atoms with Crippen LogP contribution in [0.5, 0.6) is 0 Å².